The van der Waals surface area contributed by atoms with Gasteiger partial charge in [-0.3, -0.25) is 0 Å². The van der Waals surface area contributed by atoms with Crippen molar-refractivity contribution in [3.8, 4) is 11.4 Å². The molecule has 0 fully saturated rings. The van der Waals surface area contributed by atoms with Gasteiger partial charge in [-0.2, -0.15) is 15.0 Å². The molecule has 4 rings (SSSR count). The smallest absolute Gasteiger partial charge is 0.232 e. The Bertz CT molecular complexity index is 2960. The minimum Gasteiger partial charge on any atom is -0.324 e. The number of hydrogen-bond donors (Lipinski definition) is 2. The summed E-state index contributed by atoms with van der Waals surface area (Å²) in [5.41, 5.74) is 13.2. The molecule has 0 spiro atoms. The first-order chi connectivity index (χ1) is 72.5. The van der Waals surface area contributed by atoms with Crippen LogP contribution in [0.5, 0.6) is 0 Å². The van der Waals surface area contributed by atoms with E-state index in [0.717, 1.165) is 37.1 Å². The molecule has 1 aromatic heterocycles. The van der Waals surface area contributed by atoms with Crippen molar-refractivity contribution in [2.45, 2.75) is 774 Å². The van der Waals surface area contributed by atoms with Crippen LogP contribution in [0, 0.1) is 0 Å². The molecule has 0 amide bonds. The number of nitrogens with zero attached hydrogens (tertiary/aromatic N) is 3. The van der Waals surface area contributed by atoms with Crippen LogP contribution in [0.2, 0.25) is 0 Å². The van der Waals surface area contributed by atoms with Gasteiger partial charge in [0.15, 0.2) is 5.82 Å². The lowest BCUT2D eigenvalue weighted by Gasteiger charge is -2.20. The highest BCUT2D eigenvalue weighted by Crippen LogP contribution is 2.35. The van der Waals surface area contributed by atoms with E-state index in [2.05, 4.69) is 107 Å². The monoisotopic (exact) mass is 2020 g/mol. The summed E-state index contributed by atoms with van der Waals surface area (Å²) in [6, 6.07) is 21.2. The van der Waals surface area contributed by atoms with Crippen molar-refractivity contribution in [1.29, 1.82) is 0 Å². The highest BCUT2D eigenvalue weighted by molar-refractivity contribution is 5.66. The number of rotatable bonds is 119. The summed E-state index contributed by atoms with van der Waals surface area (Å²) < 4.78 is 0. The number of aromatic nitrogens is 3. The predicted molar refractivity (Wildman–Crippen MR) is 660 cm³/mol. The van der Waals surface area contributed by atoms with E-state index < -0.39 is 0 Å². The van der Waals surface area contributed by atoms with Crippen LogP contribution in [0.25, 0.3) is 11.4 Å². The Hall–Kier alpha value is -3.73. The fourth-order valence-corrected chi connectivity index (χ4v) is 24.0. The Balaban J connectivity index is 1.66. The summed E-state index contributed by atoms with van der Waals surface area (Å²) in [4.78, 5) is 16.4. The average Bonchev–Trinajstić information content (AvgIpc) is 0.801. The molecule has 0 saturated heterocycles. The van der Waals surface area contributed by atoms with Crippen LogP contribution in [0.3, 0.4) is 0 Å². The topological polar surface area (TPSA) is 62.7 Å². The average molecular weight is 2020 g/mol. The number of benzene rings is 3. The normalized spacial score (nSPS) is 11.7. The summed E-state index contributed by atoms with van der Waals surface area (Å²) >= 11 is 0. The minimum absolute atomic E-state index is 0.652. The van der Waals surface area contributed by atoms with Gasteiger partial charge in [-0.1, -0.05) is 727 Å². The first-order valence-corrected chi connectivity index (χ1v) is 68.2. The lowest BCUT2D eigenvalue weighted by molar-refractivity contribution is 0.523. The molecule has 0 aliphatic carbocycles. The molecule has 846 valence electrons. The number of hydrogen-bond acceptors (Lipinski definition) is 5. The van der Waals surface area contributed by atoms with Crippen molar-refractivity contribution in [3.63, 3.8) is 0 Å². The van der Waals surface area contributed by atoms with Gasteiger partial charge < -0.3 is 10.6 Å². The Morgan fingerprint density at radius 2 is 0.274 bits per heavy atom. The lowest BCUT2D eigenvalue weighted by Crippen LogP contribution is -2.09. The molecular formula is C141H257N5. The quantitative estimate of drug-likeness (QED) is 0.0431. The Labute approximate surface area is 915 Å². The van der Waals surface area contributed by atoms with Crippen LogP contribution in [0.15, 0.2) is 54.6 Å². The van der Waals surface area contributed by atoms with E-state index in [9.17, 15) is 0 Å². The maximum atomic E-state index is 5.54. The predicted octanol–water partition coefficient (Wildman–Crippen LogP) is 50.5. The van der Waals surface area contributed by atoms with Crippen molar-refractivity contribution in [1.82, 2.24) is 15.0 Å². The highest BCUT2D eigenvalue weighted by Gasteiger charge is 2.19. The molecule has 2 N–H and O–H groups in total. The maximum Gasteiger partial charge on any atom is 0.232 e. The number of aryl methyl sites for hydroxylation is 4. The summed E-state index contributed by atoms with van der Waals surface area (Å²) in [5.74, 6) is 2.04. The fourth-order valence-electron chi connectivity index (χ4n) is 24.0. The summed E-state index contributed by atoms with van der Waals surface area (Å²) in [5, 5.41) is 8.08. The van der Waals surface area contributed by atoms with Crippen LogP contribution in [0.1, 0.15) is 768 Å². The largest absolute Gasteiger partial charge is 0.324 e. The molecule has 0 unspecified atom stereocenters. The van der Waals surface area contributed by atoms with Crippen LogP contribution in [0.4, 0.5) is 23.3 Å². The Morgan fingerprint density at radius 3 is 0.418 bits per heavy atom. The highest BCUT2D eigenvalue weighted by atomic mass is 15.2. The van der Waals surface area contributed by atoms with Gasteiger partial charge in [0.1, 0.15) is 0 Å². The van der Waals surface area contributed by atoms with Crippen LogP contribution in [-0.4, -0.2) is 15.0 Å². The molecule has 3 aromatic carbocycles. The first kappa shape index (κ1) is 135. The van der Waals surface area contributed by atoms with Gasteiger partial charge >= 0.3 is 0 Å². The summed E-state index contributed by atoms with van der Waals surface area (Å²) in [6.45, 7) is 14.0. The van der Waals surface area contributed by atoms with Crippen LogP contribution < -0.4 is 10.6 Å². The molecule has 0 radical (unpaired) electrons. The lowest BCUT2D eigenvalue weighted by atomic mass is 9.89. The van der Waals surface area contributed by atoms with Crippen molar-refractivity contribution >= 4 is 23.3 Å². The van der Waals surface area contributed by atoms with E-state index in [1.807, 2.05) is 0 Å². The van der Waals surface area contributed by atoms with Crippen molar-refractivity contribution in [3.05, 3.63) is 88.0 Å². The second kappa shape index (κ2) is 108. The van der Waals surface area contributed by atoms with Gasteiger partial charge in [-0.15, -0.1) is 0 Å². The van der Waals surface area contributed by atoms with Gasteiger partial charge in [0.25, 0.3) is 0 Å². The van der Waals surface area contributed by atoms with Crippen molar-refractivity contribution in [2.24, 2.45) is 0 Å². The van der Waals surface area contributed by atoms with Crippen molar-refractivity contribution < 1.29 is 0 Å². The summed E-state index contributed by atoms with van der Waals surface area (Å²) in [7, 11) is 0. The van der Waals surface area contributed by atoms with Gasteiger partial charge in [-0.25, -0.2) is 0 Å². The third-order valence-corrected chi connectivity index (χ3v) is 33.8. The fraction of sp³-hybridized carbons (Fsp3) is 0.851. The Kier molecular flexibility index (Phi) is 99.7. The van der Waals surface area contributed by atoms with Gasteiger partial charge in [-0.05, 0) is 135 Å². The summed E-state index contributed by atoms with van der Waals surface area (Å²) in [6.07, 6.45) is 160. The minimum atomic E-state index is 0.652. The van der Waals surface area contributed by atoms with E-state index >= 15 is 0 Å². The molecular weight excluding hydrogens is 1760 g/mol. The van der Waals surface area contributed by atoms with Gasteiger partial charge in [0, 0.05) is 16.9 Å². The number of unbranched alkanes of at least 4 members (excludes halogenated alkanes) is 102. The molecule has 0 aliphatic heterocycles. The zero-order valence-corrected chi connectivity index (χ0v) is 100. The molecule has 5 heteroatoms. The van der Waals surface area contributed by atoms with Crippen molar-refractivity contribution in [2.75, 3.05) is 10.6 Å². The van der Waals surface area contributed by atoms with Crippen LogP contribution in [-0.2, 0) is 38.5 Å². The molecule has 146 heavy (non-hydrogen) atoms. The number of nitrogens with one attached hydrogen (secondary N) is 2. The van der Waals surface area contributed by atoms with Crippen LogP contribution >= 0.6 is 0 Å². The van der Waals surface area contributed by atoms with E-state index in [-0.39, 0.29) is 0 Å². The molecule has 0 saturated carbocycles. The molecule has 0 atom stereocenters. The van der Waals surface area contributed by atoms with E-state index in [0.29, 0.717) is 11.9 Å². The molecule has 4 aromatic rings. The van der Waals surface area contributed by atoms with E-state index in [4.69, 9.17) is 15.0 Å². The van der Waals surface area contributed by atoms with Gasteiger partial charge in [0.05, 0.1) is 0 Å². The Morgan fingerprint density at radius 1 is 0.144 bits per heavy atom. The third kappa shape index (κ3) is 83.7. The zero-order valence-electron chi connectivity index (χ0n) is 100. The zero-order chi connectivity index (χ0) is 103. The third-order valence-electron chi connectivity index (χ3n) is 33.8. The molecule has 0 aliphatic rings. The molecule has 0 bridgehead atoms. The standard InChI is InChI=1S/C141H257N5/c1-7-13-19-25-31-37-43-49-55-61-67-73-79-85-91-97-103-110-120-131-126-135(127-132(121-111-104-98-92-86-80-74-68-62-56-50-44-38-32-26-20-14-8-2)137(131)124-116-107-101-95-89-83-77-71-65-59-53-47-41-35-29-23-17-11-5)142-140-144-139(130-118-114-109-115-119-130)145-141(146-140)143-136-128-133(122-112-105-99-93-87-81-75-69-63-57-51-45-39-33-27-21-15-9-3)138(125-117-108-102-96-90-84-78-72-66-60-54-48-42-36-30-24-18-12-6)134(129-136)123-113-106-100-94-88-82-76-70-64-58-52-46-40-34-28-22-16-10-4/h109,114-115,118-119,126-129H,7-108,110-113,116-117,120-125H2,1-6H3,(H2,142,143,144,145,146). The number of anilines is 4. The second-order valence-electron chi connectivity index (χ2n) is 48.0. The second-order valence-corrected chi connectivity index (χ2v) is 48.0. The van der Waals surface area contributed by atoms with E-state index in [1.165, 1.54) is 718 Å². The van der Waals surface area contributed by atoms with Gasteiger partial charge in [0.2, 0.25) is 11.9 Å². The maximum absolute atomic E-state index is 5.54. The van der Waals surface area contributed by atoms with E-state index in [1.54, 1.807) is 33.4 Å². The molecule has 1 heterocycles. The SMILES string of the molecule is CCCCCCCCCCCCCCCCCCCCc1cc(Nc2nc(Nc3cc(CCCCCCCCCCCCCCCCCCCC)c(CCCCCCCCCCCCCCCCCCCC)c(CCCCCCCCCCCCCCCCCCCC)c3)nc(-c3ccccc3)n2)cc(CCCCCCCCCCCCCCCCCCCC)c1CCCCCCCCCCCCCCCCCCCC. The first-order valence-electron chi connectivity index (χ1n) is 68.2. The molecule has 5 nitrogen and oxygen atoms in total.